The van der Waals surface area contributed by atoms with Crippen LogP contribution in [0.3, 0.4) is 0 Å². The Morgan fingerprint density at radius 3 is 2.86 bits per heavy atom. The van der Waals surface area contributed by atoms with Crippen molar-refractivity contribution in [3.8, 4) is 0 Å². The Kier molecular flexibility index (Phi) is 3.86. The number of fused-ring (bicyclic) bond motifs is 1. The van der Waals surface area contributed by atoms with Gasteiger partial charge in [0.05, 0.1) is 0 Å². The number of rotatable bonds is 4. The molecule has 4 N–H and O–H groups in total. The van der Waals surface area contributed by atoms with Crippen LogP contribution in [0.15, 0.2) is 47.4 Å². The molecule has 0 unspecified atom stereocenters. The van der Waals surface area contributed by atoms with Gasteiger partial charge in [-0.3, -0.25) is 10.1 Å². The van der Waals surface area contributed by atoms with E-state index in [0.717, 1.165) is 22.9 Å². The molecule has 0 bridgehead atoms. The molecule has 2 heterocycles. The number of hydrogen-bond donors (Lipinski definition) is 4. The van der Waals surface area contributed by atoms with Crippen molar-refractivity contribution in [1.82, 2.24) is 20.5 Å². The monoisotopic (exact) mass is 297 g/mol. The maximum Gasteiger partial charge on any atom is 0.320 e. The van der Waals surface area contributed by atoms with Crippen LogP contribution in [0.2, 0.25) is 0 Å². The van der Waals surface area contributed by atoms with E-state index < -0.39 is 0 Å². The molecule has 0 saturated carbocycles. The topological polar surface area (TPSA) is 103 Å². The molecule has 0 fully saturated rings. The van der Waals surface area contributed by atoms with Crippen molar-refractivity contribution in [1.29, 1.82) is 0 Å². The summed E-state index contributed by atoms with van der Waals surface area (Å²) >= 11 is 0. The van der Waals surface area contributed by atoms with E-state index in [1.807, 2.05) is 30.5 Å². The van der Waals surface area contributed by atoms with Crippen LogP contribution in [0.25, 0.3) is 10.9 Å². The summed E-state index contributed by atoms with van der Waals surface area (Å²) in [6, 6.07) is 10.4. The molecule has 0 aliphatic rings. The SMILES string of the molecule is O=C(NCCc1c[nH]c2ccccc12)Nc1ccc(=O)[nH]n1. The van der Waals surface area contributed by atoms with Crippen molar-refractivity contribution in [2.24, 2.45) is 0 Å². The molecule has 0 radical (unpaired) electrons. The smallest absolute Gasteiger partial charge is 0.320 e. The van der Waals surface area contributed by atoms with E-state index >= 15 is 0 Å². The Morgan fingerprint density at radius 2 is 2.05 bits per heavy atom. The van der Waals surface area contributed by atoms with E-state index in [0.29, 0.717) is 12.4 Å². The standard InChI is InChI=1S/C15H15N5O2/c21-14-6-5-13(19-20-14)18-15(22)16-8-7-10-9-17-12-4-2-1-3-11(10)12/h1-6,9,17H,7-8H2,(H,20,21)(H2,16,18,19,22). The summed E-state index contributed by atoms with van der Waals surface area (Å²) in [7, 11) is 0. The first kappa shape index (κ1) is 13.9. The predicted molar refractivity (Wildman–Crippen MR) is 83.9 cm³/mol. The minimum absolute atomic E-state index is 0.296. The molecule has 0 saturated heterocycles. The minimum atomic E-state index is -0.362. The summed E-state index contributed by atoms with van der Waals surface area (Å²) in [6.45, 7) is 0.497. The van der Waals surface area contributed by atoms with Gasteiger partial charge in [-0.1, -0.05) is 18.2 Å². The number of nitrogens with one attached hydrogen (secondary N) is 4. The largest absolute Gasteiger partial charge is 0.361 e. The number of para-hydroxylation sites is 1. The van der Waals surface area contributed by atoms with Crippen molar-refractivity contribution in [3.05, 3.63) is 58.5 Å². The number of aromatic amines is 2. The van der Waals surface area contributed by atoms with Crippen LogP contribution >= 0.6 is 0 Å². The minimum Gasteiger partial charge on any atom is -0.361 e. The molecule has 3 rings (SSSR count). The van der Waals surface area contributed by atoms with E-state index in [-0.39, 0.29) is 11.6 Å². The third-order valence-corrected chi connectivity index (χ3v) is 3.28. The van der Waals surface area contributed by atoms with E-state index in [2.05, 4.69) is 25.8 Å². The zero-order chi connectivity index (χ0) is 15.4. The first-order valence-corrected chi connectivity index (χ1v) is 6.88. The van der Waals surface area contributed by atoms with E-state index in [4.69, 9.17) is 0 Å². The molecule has 2 amide bonds. The highest BCUT2D eigenvalue weighted by molar-refractivity contribution is 5.88. The number of nitrogens with zero attached hydrogens (tertiary/aromatic N) is 1. The lowest BCUT2D eigenvalue weighted by atomic mass is 10.1. The highest BCUT2D eigenvalue weighted by Crippen LogP contribution is 2.17. The van der Waals surface area contributed by atoms with Crippen LogP contribution in [0.1, 0.15) is 5.56 Å². The Bertz CT molecular complexity index is 832. The van der Waals surface area contributed by atoms with Crippen molar-refractivity contribution < 1.29 is 4.79 Å². The average Bonchev–Trinajstić information content (AvgIpc) is 2.93. The van der Waals surface area contributed by atoms with Crippen molar-refractivity contribution in [3.63, 3.8) is 0 Å². The maximum absolute atomic E-state index is 11.7. The number of amides is 2. The Balaban J connectivity index is 1.53. The van der Waals surface area contributed by atoms with Crippen LogP contribution in [-0.4, -0.2) is 27.8 Å². The molecular formula is C15H15N5O2. The fourth-order valence-electron chi connectivity index (χ4n) is 2.22. The highest BCUT2D eigenvalue weighted by Gasteiger charge is 2.05. The van der Waals surface area contributed by atoms with Crippen molar-refractivity contribution in [2.75, 3.05) is 11.9 Å². The molecule has 0 aliphatic carbocycles. The molecule has 2 aromatic heterocycles. The molecule has 3 aromatic rings. The van der Waals surface area contributed by atoms with Gasteiger partial charge < -0.3 is 10.3 Å². The summed E-state index contributed by atoms with van der Waals surface area (Å²) in [5, 5.41) is 12.4. The van der Waals surface area contributed by atoms with E-state index in [9.17, 15) is 9.59 Å². The lowest BCUT2D eigenvalue weighted by molar-refractivity contribution is 0.252. The summed E-state index contributed by atoms with van der Waals surface area (Å²) in [4.78, 5) is 25.8. The van der Waals surface area contributed by atoms with Gasteiger partial charge in [-0.05, 0) is 24.1 Å². The first-order valence-electron chi connectivity index (χ1n) is 6.88. The number of carbonyl (C=O) groups is 1. The third kappa shape index (κ3) is 3.14. The number of H-pyrrole nitrogens is 2. The summed E-state index contributed by atoms with van der Waals surface area (Å²) in [6.07, 6.45) is 2.67. The third-order valence-electron chi connectivity index (χ3n) is 3.28. The Hall–Kier alpha value is -3.09. The fraction of sp³-hybridized carbons (Fsp3) is 0.133. The molecule has 0 aliphatic heterocycles. The summed E-state index contributed by atoms with van der Waals surface area (Å²) in [5.41, 5.74) is 1.92. The van der Waals surface area contributed by atoms with Gasteiger partial charge >= 0.3 is 6.03 Å². The van der Waals surface area contributed by atoms with Gasteiger partial charge in [-0.15, -0.1) is 0 Å². The van der Waals surface area contributed by atoms with Gasteiger partial charge in [0, 0.05) is 29.7 Å². The fourth-order valence-corrected chi connectivity index (χ4v) is 2.22. The second-order valence-corrected chi connectivity index (χ2v) is 4.80. The normalized spacial score (nSPS) is 10.5. The highest BCUT2D eigenvalue weighted by atomic mass is 16.2. The first-order chi connectivity index (χ1) is 10.7. The number of carbonyl (C=O) groups excluding carboxylic acids is 1. The Labute approximate surface area is 125 Å². The second kappa shape index (κ2) is 6.13. The van der Waals surface area contributed by atoms with Crippen LogP contribution in [0, 0.1) is 0 Å². The molecule has 22 heavy (non-hydrogen) atoms. The second-order valence-electron chi connectivity index (χ2n) is 4.80. The quantitative estimate of drug-likeness (QED) is 0.588. The van der Waals surface area contributed by atoms with Crippen molar-refractivity contribution in [2.45, 2.75) is 6.42 Å². The summed E-state index contributed by atoms with van der Waals surface area (Å²) in [5.74, 6) is 0.296. The zero-order valence-corrected chi connectivity index (χ0v) is 11.7. The number of hydrogen-bond acceptors (Lipinski definition) is 3. The zero-order valence-electron chi connectivity index (χ0n) is 11.7. The predicted octanol–water partition coefficient (Wildman–Crippen LogP) is 1.62. The number of aromatic nitrogens is 3. The van der Waals surface area contributed by atoms with Crippen LogP contribution in [-0.2, 0) is 6.42 Å². The van der Waals surface area contributed by atoms with Gasteiger partial charge in [0.2, 0.25) is 0 Å². The van der Waals surface area contributed by atoms with Crippen molar-refractivity contribution >= 4 is 22.8 Å². The molecule has 7 nitrogen and oxygen atoms in total. The van der Waals surface area contributed by atoms with Gasteiger partial charge in [-0.25, -0.2) is 9.89 Å². The molecular weight excluding hydrogens is 282 g/mol. The van der Waals surface area contributed by atoms with Gasteiger partial charge in [0.15, 0.2) is 5.82 Å². The lowest BCUT2D eigenvalue weighted by Crippen LogP contribution is -2.31. The number of urea groups is 1. The van der Waals surface area contributed by atoms with Crippen LogP contribution in [0.4, 0.5) is 10.6 Å². The summed E-state index contributed by atoms with van der Waals surface area (Å²) < 4.78 is 0. The van der Waals surface area contributed by atoms with Crippen LogP contribution < -0.4 is 16.2 Å². The van der Waals surface area contributed by atoms with Crippen LogP contribution in [0.5, 0.6) is 0 Å². The van der Waals surface area contributed by atoms with E-state index in [1.54, 1.807) is 0 Å². The number of benzene rings is 1. The van der Waals surface area contributed by atoms with Gasteiger partial charge in [-0.2, -0.15) is 5.10 Å². The molecule has 7 heteroatoms. The molecule has 0 spiro atoms. The molecule has 1 aromatic carbocycles. The van der Waals surface area contributed by atoms with Gasteiger partial charge in [0.1, 0.15) is 0 Å². The molecule has 0 atom stereocenters. The Morgan fingerprint density at radius 1 is 1.18 bits per heavy atom. The van der Waals surface area contributed by atoms with Gasteiger partial charge in [0.25, 0.3) is 5.56 Å². The maximum atomic E-state index is 11.7. The number of anilines is 1. The molecule has 112 valence electrons. The lowest BCUT2D eigenvalue weighted by Gasteiger charge is -2.06. The average molecular weight is 297 g/mol. The van der Waals surface area contributed by atoms with E-state index in [1.165, 1.54) is 12.1 Å².